The van der Waals surface area contributed by atoms with E-state index in [-0.39, 0.29) is 12.2 Å². The van der Waals surface area contributed by atoms with Crippen LogP contribution in [-0.2, 0) is 16.0 Å². The van der Waals surface area contributed by atoms with Crippen molar-refractivity contribution < 1.29 is 14.6 Å². The predicted molar refractivity (Wildman–Crippen MR) is 69.3 cm³/mol. The second kappa shape index (κ2) is 5.49. The number of esters is 1. The minimum atomic E-state index is -0.741. The summed E-state index contributed by atoms with van der Waals surface area (Å²) < 4.78 is 5.56. The molecule has 1 atom stereocenters. The molecule has 0 radical (unpaired) electrons. The van der Waals surface area contributed by atoms with Gasteiger partial charge < -0.3 is 15.6 Å². The topological polar surface area (TPSA) is 72.5 Å². The van der Waals surface area contributed by atoms with Gasteiger partial charge in [0, 0.05) is 9.99 Å². The number of benzene rings is 1. The molecule has 4 nitrogen and oxygen atoms in total. The number of hydrogen-bond donors (Lipinski definition) is 2. The average Bonchev–Trinajstić information content (AvgIpc) is 2.24. The number of ether oxygens (including phenoxy) is 1. The largest absolute Gasteiger partial charge is 0.508 e. The summed E-state index contributed by atoms with van der Waals surface area (Å²) in [5.74, 6) is -0.313. The maximum absolute atomic E-state index is 11.1. The van der Waals surface area contributed by atoms with Crippen LogP contribution in [0.1, 0.15) is 11.1 Å². The number of aryl methyl sites for hydroxylation is 1. The summed E-state index contributed by atoms with van der Waals surface area (Å²) in [6.45, 7) is 1.91. The molecule has 0 bridgehead atoms. The molecule has 1 unspecified atom stereocenters. The first kappa shape index (κ1) is 13.2. The van der Waals surface area contributed by atoms with E-state index in [4.69, 9.17) is 5.73 Å². The highest BCUT2D eigenvalue weighted by molar-refractivity contribution is 14.1. The van der Waals surface area contributed by atoms with E-state index in [1.807, 2.05) is 13.0 Å². The Morgan fingerprint density at radius 1 is 1.62 bits per heavy atom. The summed E-state index contributed by atoms with van der Waals surface area (Å²) in [4.78, 5) is 11.1. The summed E-state index contributed by atoms with van der Waals surface area (Å²) in [7, 11) is 1.29. The van der Waals surface area contributed by atoms with Gasteiger partial charge in [-0.25, -0.2) is 0 Å². The van der Waals surface area contributed by atoms with Crippen molar-refractivity contribution in [2.45, 2.75) is 19.4 Å². The maximum atomic E-state index is 11.1. The molecule has 0 fully saturated rings. The molecule has 1 rings (SSSR count). The van der Waals surface area contributed by atoms with Gasteiger partial charge in [-0.15, -0.1) is 0 Å². The van der Waals surface area contributed by atoms with Crippen LogP contribution in [0.3, 0.4) is 0 Å². The zero-order valence-corrected chi connectivity index (χ0v) is 11.3. The Kier molecular flexibility index (Phi) is 4.55. The van der Waals surface area contributed by atoms with Gasteiger partial charge in [0.25, 0.3) is 0 Å². The van der Waals surface area contributed by atoms with Crippen molar-refractivity contribution in [1.82, 2.24) is 0 Å². The maximum Gasteiger partial charge on any atom is 0.322 e. The summed E-state index contributed by atoms with van der Waals surface area (Å²) in [5.41, 5.74) is 7.28. The zero-order valence-electron chi connectivity index (χ0n) is 9.16. The Morgan fingerprint density at radius 2 is 2.25 bits per heavy atom. The molecular weight excluding hydrogens is 321 g/mol. The summed E-state index contributed by atoms with van der Waals surface area (Å²) in [6.07, 6.45) is 0.273. The van der Waals surface area contributed by atoms with E-state index in [0.29, 0.717) is 5.56 Å². The van der Waals surface area contributed by atoms with E-state index >= 15 is 0 Å². The van der Waals surface area contributed by atoms with Gasteiger partial charge >= 0.3 is 5.97 Å². The normalized spacial score (nSPS) is 12.2. The number of carbonyl (C=O) groups excluding carboxylic acids is 1. The van der Waals surface area contributed by atoms with Gasteiger partial charge in [0.15, 0.2) is 0 Å². The number of phenolic OH excluding ortho intramolecular Hbond substituents is 1. The van der Waals surface area contributed by atoms with Gasteiger partial charge in [-0.1, -0.05) is 0 Å². The minimum absolute atomic E-state index is 0.164. The molecule has 0 aromatic heterocycles. The third kappa shape index (κ3) is 3.08. The molecule has 16 heavy (non-hydrogen) atoms. The Morgan fingerprint density at radius 3 is 2.81 bits per heavy atom. The SMILES string of the molecule is COC(=O)C(N)Cc1cc(I)c(C)cc1O. The number of halogens is 1. The summed E-state index contributed by atoms with van der Waals surface area (Å²) in [6, 6.07) is 2.75. The number of phenols is 1. The molecule has 3 N–H and O–H groups in total. The number of rotatable bonds is 3. The first-order valence-electron chi connectivity index (χ1n) is 4.77. The Hall–Kier alpha value is -0.820. The number of aromatic hydroxyl groups is 1. The second-order valence-electron chi connectivity index (χ2n) is 3.56. The molecule has 0 aliphatic heterocycles. The molecule has 88 valence electrons. The molecule has 1 aromatic carbocycles. The van der Waals surface area contributed by atoms with Crippen LogP contribution in [0, 0.1) is 10.5 Å². The highest BCUT2D eigenvalue weighted by Gasteiger charge is 2.16. The van der Waals surface area contributed by atoms with Crippen molar-refractivity contribution in [2.24, 2.45) is 5.73 Å². The van der Waals surface area contributed by atoms with Crippen LogP contribution in [-0.4, -0.2) is 24.2 Å². The monoisotopic (exact) mass is 335 g/mol. The predicted octanol–water partition coefficient (Wildman–Crippen LogP) is 1.35. The van der Waals surface area contributed by atoms with Crippen LogP contribution < -0.4 is 5.73 Å². The highest BCUT2D eigenvalue weighted by Crippen LogP contribution is 2.24. The second-order valence-corrected chi connectivity index (χ2v) is 4.73. The molecule has 0 heterocycles. The van der Waals surface area contributed by atoms with Gasteiger partial charge in [-0.3, -0.25) is 4.79 Å². The number of carbonyl (C=O) groups is 1. The fraction of sp³-hybridized carbons (Fsp3) is 0.364. The van der Waals surface area contributed by atoms with E-state index in [1.54, 1.807) is 6.07 Å². The van der Waals surface area contributed by atoms with Gasteiger partial charge in [-0.2, -0.15) is 0 Å². The van der Waals surface area contributed by atoms with Crippen molar-refractivity contribution in [3.05, 3.63) is 26.8 Å². The lowest BCUT2D eigenvalue weighted by atomic mass is 10.0. The third-order valence-electron chi connectivity index (χ3n) is 2.30. The molecule has 0 spiro atoms. The van der Waals surface area contributed by atoms with Crippen molar-refractivity contribution in [1.29, 1.82) is 0 Å². The van der Waals surface area contributed by atoms with Crippen molar-refractivity contribution in [2.75, 3.05) is 7.11 Å². The van der Waals surface area contributed by atoms with Crippen LogP contribution in [0.5, 0.6) is 5.75 Å². The standard InChI is InChI=1S/C11H14INO3/c1-6-3-10(14)7(4-8(6)12)5-9(13)11(15)16-2/h3-4,9,14H,5,13H2,1-2H3. The molecular formula is C11H14INO3. The summed E-state index contributed by atoms with van der Waals surface area (Å²) in [5, 5.41) is 9.71. The first-order chi connectivity index (χ1) is 7.45. The van der Waals surface area contributed by atoms with Gasteiger partial charge in [0.05, 0.1) is 7.11 Å². The van der Waals surface area contributed by atoms with Crippen LogP contribution in [0.2, 0.25) is 0 Å². The van der Waals surface area contributed by atoms with Gasteiger partial charge in [-0.05, 0) is 52.8 Å². The lowest BCUT2D eigenvalue weighted by molar-refractivity contribution is -0.142. The average molecular weight is 335 g/mol. The molecule has 0 aliphatic carbocycles. The fourth-order valence-electron chi connectivity index (χ4n) is 1.34. The summed E-state index contributed by atoms with van der Waals surface area (Å²) >= 11 is 2.17. The van der Waals surface area contributed by atoms with Gasteiger partial charge in [0.2, 0.25) is 0 Å². The van der Waals surface area contributed by atoms with Crippen molar-refractivity contribution >= 4 is 28.6 Å². The molecule has 1 aromatic rings. The molecule has 0 saturated heterocycles. The zero-order chi connectivity index (χ0) is 12.3. The number of methoxy groups -OCH3 is 1. The van der Waals surface area contributed by atoms with E-state index in [1.165, 1.54) is 7.11 Å². The Bertz CT molecular complexity index is 406. The molecule has 0 amide bonds. The van der Waals surface area contributed by atoms with Crippen molar-refractivity contribution in [3.63, 3.8) is 0 Å². The van der Waals surface area contributed by atoms with E-state index in [2.05, 4.69) is 27.3 Å². The van der Waals surface area contributed by atoms with Crippen LogP contribution in [0.15, 0.2) is 12.1 Å². The van der Waals surface area contributed by atoms with E-state index < -0.39 is 12.0 Å². The minimum Gasteiger partial charge on any atom is -0.508 e. The molecule has 5 heteroatoms. The smallest absolute Gasteiger partial charge is 0.322 e. The first-order valence-corrected chi connectivity index (χ1v) is 5.85. The van der Waals surface area contributed by atoms with Crippen LogP contribution >= 0.6 is 22.6 Å². The molecule has 0 aliphatic rings. The van der Waals surface area contributed by atoms with Gasteiger partial charge in [0.1, 0.15) is 11.8 Å². The fourth-order valence-corrected chi connectivity index (χ4v) is 1.87. The number of nitrogens with two attached hydrogens (primary N) is 1. The quantitative estimate of drug-likeness (QED) is 0.646. The molecule has 0 saturated carbocycles. The third-order valence-corrected chi connectivity index (χ3v) is 3.47. The van der Waals surface area contributed by atoms with Crippen LogP contribution in [0.4, 0.5) is 0 Å². The highest BCUT2D eigenvalue weighted by atomic mass is 127. The lowest BCUT2D eigenvalue weighted by Crippen LogP contribution is -2.33. The van der Waals surface area contributed by atoms with E-state index in [9.17, 15) is 9.90 Å². The Balaban J connectivity index is 2.89. The lowest BCUT2D eigenvalue weighted by Gasteiger charge is -2.11. The Labute approximate surface area is 108 Å². The number of hydrogen-bond acceptors (Lipinski definition) is 4. The van der Waals surface area contributed by atoms with Crippen LogP contribution in [0.25, 0.3) is 0 Å². The van der Waals surface area contributed by atoms with Crippen molar-refractivity contribution in [3.8, 4) is 5.75 Å². The van der Waals surface area contributed by atoms with E-state index in [0.717, 1.165) is 9.13 Å².